The molecular weight excluding hydrogens is 242 g/mol. The van der Waals surface area contributed by atoms with Gasteiger partial charge in [-0.25, -0.2) is 4.79 Å². The lowest BCUT2D eigenvalue weighted by molar-refractivity contribution is 0.189. The number of amides is 2. The summed E-state index contributed by atoms with van der Waals surface area (Å²) in [6, 6.07) is -0.125. The molecule has 1 rings (SSSR count). The average molecular weight is 271 g/mol. The van der Waals surface area contributed by atoms with Gasteiger partial charge in [0.1, 0.15) is 0 Å². The fourth-order valence-corrected chi connectivity index (χ4v) is 2.29. The van der Waals surface area contributed by atoms with E-state index in [1.807, 2.05) is 0 Å². The van der Waals surface area contributed by atoms with Gasteiger partial charge in [-0.3, -0.25) is 0 Å². The van der Waals surface area contributed by atoms with Crippen molar-refractivity contribution in [2.24, 2.45) is 5.92 Å². The molecular formula is C14H29N3O2. The minimum absolute atomic E-state index is 0.120. The van der Waals surface area contributed by atoms with E-state index < -0.39 is 0 Å². The van der Waals surface area contributed by atoms with Crippen molar-refractivity contribution in [1.29, 1.82) is 0 Å². The maximum Gasteiger partial charge on any atom is 0.314 e. The van der Waals surface area contributed by atoms with E-state index in [1.54, 1.807) is 0 Å². The van der Waals surface area contributed by atoms with Gasteiger partial charge in [-0.15, -0.1) is 0 Å². The van der Waals surface area contributed by atoms with Crippen LogP contribution >= 0.6 is 0 Å². The Hall–Kier alpha value is -0.810. The molecule has 5 heteroatoms. The first-order valence-electron chi connectivity index (χ1n) is 7.57. The van der Waals surface area contributed by atoms with E-state index in [1.165, 1.54) is 25.9 Å². The molecule has 0 aromatic rings. The monoisotopic (exact) mass is 271 g/mol. The van der Waals surface area contributed by atoms with Crippen LogP contribution in [0.15, 0.2) is 0 Å². The quantitative estimate of drug-likeness (QED) is 0.581. The number of piperidine rings is 1. The Balaban J connectivity index is 1.89. The van der Waals surface area contributed by atoms with Crippen LogP contribution in [0, 0.1) is 5.92 Å². The first-order valence-corrected chi connectivity index (χ1v) is 7.57. The van der Waals surface area contributed by atoms with Gasteiger partial charge in [-0.1, -0.05) is 6.92 Å². The van der Waals surface area contributed by atoms with E-state index in [-0.39, 0.29) is 12.6 Å². The molecule has 1 aliphatic rings. The zero-order valence-corrected chi connectivity index (χ0v) is 12.2. The SMILES string of the molecule is CC1CCN(CCCCNC(=O)NCCCO)CC1. The van der Waals surface area contributed by atoms with Gasteiger partial charge in [0.15, 0.2) is 0 Å². The third-order valence-corrected chi connectivity index (χ3v) is 3.68. The van der Waals surface area contributed by atoms with Gasteiger partial charge >= 0.3 is 6.03 Å². The number of carbonyl (C=O) groups excluding carboxylic acids is 1. The molecule has 0 aromatic carbocycles. The van der Waals surface area contributed by atoms with Crippen LogP contribution in [0.4, 0.5) is 4.79 Å². The van der Waals surface area contributed by atoms with Crippen molar-refractivity contribution in [3.8, 4) is 0 Å². The predicted octanol–water partition coefficient (Wildman–Crippen LogP) is 1.18. The summed E-state index contributed by atoms with van der Waals surface area (Å²) in [4.78, 5) is 13.8. The van der Waals surface area contributed by atoms with Crippen LogP contribution in [-0.4, -0.2) is 55.4 Å². The zero-order valence-electron chi connectivity index (χ0n) is 12.2. The van der Waals surface area contributed by atoms with Crippen molar-refractivity contribution >= 4 is 6.03 Å². The minimum Gasteiger partial charge on any atom is -0.396 e. The van der Waals surface area contributed by atoms with Gasteiger partial charge in [0.25, 0.3) is 0 Å². The van der Waals surface area contributed by atoms with Crippen molar-refractivity contribution in [3.63, 3.8) is 0 Å². The fourth-order valence-electron chi connectivity index (χ4n) is 2.29. The number of urea groups is 1. The Kier molecular flexibility index (Phi) is 8.58. The van der Waals surface area contributed by atoms with Crippen LogP contribution in [0.1, 0.15) is 39.0 Å². The highest BCUT2D eigenvalue weighted by Crippen LogP contribution is 2.15. The maximum absolute atomic E-state index is 11.3. The van der Waals surface area contributed by atoms with Gasteiger partial charge in [-0.2, -0.15) is 0 Å². The number of aliphatic hydroxyl groups excluding tert-OH is 1. The summed E-state index contributed by atoms with van der Waals surface area (Å²) in [6.45, 7) is 7.34. The van der Waals surface area contributed by atoms with E-state index in [9.17, 15) is 4.79 Å². The van der Waals surface area contributed by atoms with Gasteiger partial charge < -0.3 is 20.6 Å². The second-order valence-electron chi connectivity index (χ2n) is 5.49. The van der Waals surface area contributed by atoms with Crippen molar-refractivity contribution in [2.45, 2.75) is 39.0 Å². The molecule has 1 fully saturated rings. The predicted molar refractivity (Wildman–Crippen MR) is 77.2 cm³/mol. The van der Waals surface area contributed by atoms with E-state index in [0.717, 1.165) is 31.8 Å². The molecule has 0 bridgehead atoms. The van der Waals surface area contributed by atoms with Crippen LogP contribution in [-0.2, 0) is 0 Å². The first-order chi connectivity index (χ1) is 9.22. The standard InChI is InChI=1S/C14H29N3O2/c1-13-5-10-17(11-6-13)9-3-2-7-15-14(19)16-8-4-12-18/h13,18H,2-12H2,1H3,(H2,15,16,19). The number of aliphatic hydroxyl groups is 1. The molecule has 0 spiro atoms. The van der Waals surface area contributed by atoms with E-state index in [2.05, 4.69) is 22.5 Å². The summed E-state index contributed by atoms with van der Waals surface area (Å²) in [5, 5.41) is 14.1. The molecule has 0 atom stereocenters. The number of nitrogens with zero attached hydrogens (tertiary/aromatic N) is 1. The molecule has 1 heterocycles. The average Bonchev–Trinajstić information content (AvgIpc) is 2.41. The van der Waals surface area contributed by atoms with E-state index >= 15 is 0 Å². The Bertz CT molecular complexity index is 241. The molecule has 2 amide bonds. The highest BCUT2D eigenvalue weighted by atomic mass is 16.3. The minimum atomic E-state index is -0.125. The fraction of sp³-hybridized carbons (Fsp3) is 0.929. The van der Waals surface area contributed by atoms with Gasteiger partial charge in [-0.05, 0) is 57.7 Å². The molecule has 0 saturated carbocycles. The van der Waals surface area contributed by atoms with Crippen molar-refractivity contribution in [1.82, 2.24) is 15.5 Å². The Morgan fingerprint density at radius 3 is 2.42 bits per heavy atom. The summed E-state index contributed by atoms with van der Waals surface area (Å²) < 4.78 is 0. The van der Waals surface area contributed by atoms with Crippen LogP contribution < -0.4 is 10.6 Å². The molecule has 1 saturated heterocycles. The number of carbonyl (C=O) groups is 1. The number of hydrogen-bond donors (Lipinski definition) is 3. The first kappa shape index (κ1) is 16.2. The number of unbranched alkanes of at least 4 members (excludes halogenated alkanes) is 1. The lowest BCUT2D eigenvalue weighted by Gasteiger charge is -2.30. The molecule has 0 aliphatic carbocycles. The van der Waals surface area contributed by atoms with Crippen LogP contribution in [0.3, 0.4) is 0 Å². The number of likely N-dealkylation sites (tertiary alicyclic amines) is 1. The normalized spacial score (nSPS) is 17.4. The van der Waals surface area contributed by atoms with E-state index in [4.69, 9.17) is 5.11 Å². The lowest BCUT2D eigenvalue weighted by atomic mass is 9.99. The maximum atomic E-state index is 11.3. The van der Waals surface area contributed by atoms with Crippen LogP contribution in [0.25, 0.3) is 0 Å². The van der Waals surface area contributed by atoms with Crippen LogP contribution in [0.5, 0.6) is 0 Å². The molecule has 0 radical (unpaired) electrons. The summed E-state index contributed by atoms with van der Waals surface area (Å²) in [5.41, 5.74) is 0. The largest absolute Gasteiger partial charge is 0.396 e. The Labute approximate surface area is 116 Å². The lowest BCUT2D eigenvalue weighted by Crippen LogP contribution is -2.37. The smallest absolute Gasteiger partial charge is 0.314 e. The summed E-state index contributed by atoms with van der Waals surface area (Å²) >= 11 is 0. The van der Waals surface area contributed by atoms with Crippen molar-refractivity contribution < 1.29 is 9.90 Å². The molecule has 19 heavy (non-hydrogen) atoms. The van der Waals surface area contributed by atoms with Crippen molar-refractivity contribution in [2.75, 3.05) is 39.3 Å². The zero-order chi connectivity index (χ0) is 13.9. The molecule has 0 aromatic heterocycles. The summed E-state index contributed by atoms with van der Waals surface area (Å²) in [6.07, 6.45) is 5.43. The topological polar surface area (TPSA) is 64.6 Å². The number of nitrogens with one attached hydrogen (secondary N) is 2. The van der Waals surface area contributed by atoms with Crippen LogP contribution in [0.2, 0.25) is 0 Å². The van der Waals surface area contributed by atoms with Gasteiger partial charge in [0.2, 0.25) is 0 Å². The molecule has 3 N–H and O–H groups in total. The third-order valence-electron chi connectivity index (χ3n) is 3.68. The second kappa shape index (κ2) is 10.0. The van der Waals surface area contributed by atoms with E-state index in [0.29, 0.717) is 13.0 Å². The molecule has 5 nitrogen and oxygen atoms in total. The Morgan fingerprint density at radius 2 is 1.79 bits per heavy atom. The number of rotatable bonds is 8. The highest BCUT2D eigenvalue weighted by Gasteiger charge is 2.14. The summed E-state index contributed by atoms with van der Waals surface area (Å²) in [7, 11) is 0. The van der Waals surface area contributed by atoms with Gasteiger partial charge in [0, 0.05) is 19.7 Å². The third kappa shape index (κ3) is 8.06. The molecule has 1 aliphatic heterocycles. The summed E-state index contributed by atoms with van der Waals surface area (Å²) in [5.74, 6) is 0.889. The second-order valence-corrected chi connectivity index (χ2v) is 5.49. The molecule has 112 valence electrons. The Morgan fingerprint density at radius 1 is 1.16 bits per heavy atom. The molecule has 0 unspecified atom stereocenters. The van der Waals surface area contributed by atoms with Crippen molar-refractivity contribution in [3.05, 3.63) is 0 Å². The highest BCUT2D eigenvalue weighted by molar-refractivity contribution is 5.73. The van der Waals surface area contributed by atoms with Gasteiger partial charge in [0.05, 0.1) is 0 Å². The number of hydrogen-bond acceptors (Lipinski definition) is 3.